The van der Waals surface area contributed by atoms with Crippen LogP contribution >= 0.6 is 0 Å². The second kappa shape index (κ2) is 13.2. The van der Waals surface area contributed by atoms with Gasteiger partial charge in [-0.1, -0.05) is 32.9 Å². The van der Waals surface area contributed by atoms with Crippen LogP contribution < -0.4 is 10.1 Å². The molecule has 1 amide bonds. The van der Waals surface area contributed by atoms with Gasteiger partial charge in [-0.15, -0.1) is 0 Å². The van der Waals surface area contributed by atoms with Crippen molar-refractivity contribution in [3.05, 3.63) is 51.6 Å². The molecule has 0 radical (unpaired) electrons. The van der Waals surface area contributed by atoms with Gasteiger partial charge in [-0.25, -0.2) is 0 Å². The highest BCUT2D eigenvalue weighted by Gasteiger charge is 2.50. The number of benzene rings is 2. The van der Waals surface area contributed by atoms with Crippen LogP contribution in [0.1, 0.15) is 102 Å². The number of phenols is 2. The molecule has 1 fully saturated rings. The number of aromatic hydroxyl groups is 2. The highest BCUT2D eigenvalue weighted by molar-refractivity contribution is 6.31. The maximum Gasteiger partial charge on any atom is 0.220 e. The molecule has 2 aromatic carbocycles. The quantitative estimate of drug-likeness (QED) is 0.176. The summed E-state index contributed by atoms with van der Waals surface area (Å²) in [4.78, 5) is 65.5. The van der Waals surface area contributed by atoms with E-state index in [2.05, 4.69) is 5.32 Å². The number of fused-ring (bicyclic) bond motifs is 3. The summed E-state index contributed by atoms with van der Waals surface area (Å²) in [5, 5.41) is 57.9. The maximum absolute atomic E-state index is 13.9. The molecule has 14 nitrogen and oxygen atoms in total. The van der Waals surface area contributed by atoms with Crippen molar-refractivity contribution in [3.63, 3.8) is 0 Å². The normalized spacial score (nSPS) is 26.3. The van der Waals surface area contributed by atoms with Crippen LogP contribution in [0, 0.1) is 5.41 Å². The average molecular weight is 684 g/mol. The number of carbonyl (C=O) groups is 5. The lowest BCUT2D eigenvalue weighted by Crippen LogP contribution is -2.56. The number of aliphatic hydroxyl groups excluding tert-OH is 2. The lowest BCUT2D eigenvalue weighted by molar-refractivity contribution is -0.249. The molecule has 6 atom stereocenters. The van der Waals surface area contributed by atoms with E-state index in [9.17, 15) is 49.5 Å². The number of Topliss-reactive ketones (excluding diaryl/α,β-unsaturated/α-hetero) is 2. The molecule has 0 bridgehead atoms. The third kappa shape index (κ3) is 6.46. The predicted octanol–water partition coefficient (Wildman–Crippen LogP) is 1.55. The fourth-order valence-corrected chi connectivity index (χ4v) is 6.74. The van der Waals surface area contributed by atoms with Gasteiger partial charge in [0, 0.05) is 54.2 Å². The summed E-state index contributed by atoms with van der Waals surface area (Å²) in [6, 6.07) is 3.39. The Balaban J connectivity index is 1.51. The number of hydrogen-bond donors (Lipinski definition) is 6. The van der Waals surface area contributed by atoms with E-state index in [1.54, 1.807) is 20.8 Å². The van der Waals surface area contributed by atoms with Gasteiger partial charge in [0.15, 0.2) is 17.9 Å². The molecule has 3 aliphatic rings. The minimum absolute atomic E-state index is 0.00881. The van der Waals surface area contributed by atoms with Crippen LogP contribution in [0.3, 0.4) is 0 Å². The van der Waals surface area contributed by atoms with Crippen LogP contribution in [0.5, 0.6) is 17.2 Å². The number of hydrogen-bond acceptors (Lipinski definition) is 13. The molecule has 0 saturated carbocycles. The highest BCUT2D eigenvalue weighted by atomic mass is 16.7. The first-order valence-electron chi connectivity index (χ1n) is 16.0. The number of nitrogens with one attached hydrogen (secondary N) is 1. The van der Waals surface area contributed by atoms with Crippen molar-refractivity contribution in [2.75, 3.05) is 13.7 Å². The molecule has 6 N–H and O–H groups in total. The third-order valence-corrected chi connectivity index (χ3v) is 9.52. The van der Waals surface area contributed by atoms with E-state index in [0.717, 1.165) is 0 Å². The Labute approximate surface area is 282 Å². The topological polar surface area (TPSA) is 226 Å². The predicted molar refractivity (Wildman–Crippen MR) is 169 cm³/mol. The molecule has 1 heterocycles. The maximum atomic E-state index is 13.9. The van der Waals surface area contributed by atoms with Gasteiger partial charge in [0.2, 0.25) is 11.7 Å². The molecule has 0 aromatic heterocycles. The number of rotatable bonds is 9. The minimum atomic E-state index is -2.33. The van der Waals surface area contributed by atoms with Crippen LogP contribution in [0.25, 0.3) is 0 Å². The fraction of sp³-hybridized carbons (Fsp3) is 0.514. The Morgan fingerprint density at radius 3 is 2.35 bits per heavy atom. The number of carbonyl (C=O) groups excluding carboxylic acids is 5. The van der Waals surface area contributed by atoms with Crippen molar-refractivity contribution in [1.29, 1.82) is 0 Å². The first-order chi connectivity index (χ1) is 22.9. The van der Waals surface area contributed by atoms with Crippen LogP contribution in [0.2, 0.25) is 0 Å². The number of phenolic OH excluding ortho intramolecular Hbond substituents is 2. The lowest BCUT2D eigenvalue weighted by Gasteiger charge is -2.43. The fourth-order valence-electron chi connectivity index (χ4n) is 6.74. The first-order valence-corrected chi connectivity index (χ1v) is 16.0. The van der Waals surface area contributed by atoms with Gasteiger partial charge in [0.1, 0.15) is 41.3 Å². The minimum Gasteiger partial charge on any atom is -0.507 e. The molecule has 2 aromatic rings. The van der Waals surface area contributed by atoms with Gasteiger partial charge in [-0.3, -0.25) is 24.0 Å². The number of amides is 1. The van der Waals surface area contributed by atoms with Gasteiger partial charge in [0.05, 0.1) is 42.0 Å². The number of methoxy groups -OCH3 is 1. The summed E-state index contributed by atoms with van der Waals surface area (Å²) < 4.78 is 17.3. The van der Waals surface area contributed by atoms with Crippen molar-refractivity contribution in [3.8, 4) is 17.2 Å². The molecular formula is C35H41NO13. The number of ketones is 4. The molecule has 14 heteroatoms. The molecule has 5 rings (SSSR count). The summed E-state index contributed by atoms with van der Waals surface area (Å²) in [5.41, 5.74) is -4.66. The lowest BCUT2D eigenvalue weighted by atomic mass is 9.72. The van der Waals surface area contributed by atoms with Gasteiger partial charge in [-0.2, -0.15) is 0 Å². The van der Waals surface area contributed by atoms with Gasteiger partial charge < -0.3 is 45.1 Å². The zero-order chi connectivity index (χ0) is 36.2. The van der Waals surface area contributed by atoms with Crippen molar-refractivity contribution in [2.24, 2.45) is 5.41 Å². The van der Waals surface area contributed by atoms with E-state index in [1.807, 2.05) is 0 Å². The van der Waals surface area contributed by atoms with E-state index in [4.69, 9.17) is 14.2 Å². The highest BCUT2D eigenvalue weighted by Crippen LogP contribution is 2.52. The average Bonchev–Trinajstić information content (AvgIpc) is 3.04. The van der Waals surface area contributed by atoms with Crippen molar-refractivity contribution < 1.29 is 63.7 Å². The Morgan fingerprint density at radius 1 is 1.04 bits per heavy atom. The molecule has 1 aliphatic heterocycles. The Hall–Kier alpha value is -4.21. The first kappa shape index (κ1) is 36.1. The third-order valence-electron chi connectivity index (χ3n) is 9.52. The van der Waals surface area contributed by atoms with Crippen molar-refractivity contribution in [1.82, 2.24) is 5.32 Å². The van der Waals surface area contributed by atoms with Crippen LogP contribution in [0.15, 0.2) is 18.2 Å². The second-order valence-electron chi connectivity index (χ2n) is 13.8. The smallest absolute Gasteiger partial charge is 0.220 e. The van der Waals surface area contributed by atoms with Gasteiger partial charge >= 0.3 is 0 Å². The van der Waals surface area contributed by atoms with E-state index in [1.165, 1.54) is 32.2 Å². The monoisotopic (exact) mass is 683 g/mol. The Bertz CT molecular complexity index is 1730. The summed E-state index contributed by atoms with van der Waals surface area (Å²) in [6.07, 6.45) is -6.26. The molecule has 0 spiro atoms. The van der Waals surface area contributed by atoms with E-state index in [0.29, 0.717) is 0 Å². The summed E-state index contributed by atoms with van der Waals surface area (Å²) in [7, 11) is 1.30. The van der Waals surface area contributed by atoms with E-state index in [-0.39, 0.29) is 53.0 Å². The molecule has 264 valence electrons. The van der Waals surface area contributed by atoms with Crippen LogP contribution in [-0.4, -0.2) is 98.4 Å². The molecule has 1 saturated heterocycles. The number of aliphatic hydroxyl groups is 3. The standard InChI is InChI=1S/C35H41NO13/c1-15-29(41)18(36-23(40)10-9-21(38)34(2,3)4)11-24(48-15)49-20-13-35(46,22(39)14-37)12-17-26(20)33(45)28-27(31(17)43)30(42)16-7-6-8-19(47-5)25(16)32(28)44/h6-8,15,18,20,24,29,37,41,43,45-46H,9-14H2,1-5H3,(H,36,40)/t15-,18-,20-,24?,29+,35-/m0/s1. The van der Waals surface area contributed by atoms with E-state index >= 15 is 0 Å². The van der Waals surface area contributed by atoms with Gasteiger partial charge in [-0.05, 0) is 13.0 Å². The van der Waals surface area contributed by atoms with E-state index < -0.39 is 107 Å². The molecule has 2 aliphatic carbocycles. The summed E-state index contributed by atoms with van der Waals surface area (Å²) >= 11 is 0. The Morgan fingerprint density at radius 2 is 1.71 bits per heavy atom. The zero-order valence-electron chi connectivity index (χ0n) is 27.9. The second-order valence-corrected chi connectivity index (χ2v) is 13.8. The van der Waals surface area contributed by atoms with Crippen molar-refractivity contribution in [2.45, 2.75) is 96.0 Å². The SMILES string of the molecule is COc1cccc2c1C(=O)c1c(O)c3c(c(O)c1C2=O)C[C@@](O)(C(=O)CO)C[C@@H]3OC1C[C@H](NC(=O)CCC(=O)C(C)(C)C)[C@H](O)[C@H](C)O1. The van der Waals surface area contributed by atoms with Crippen molar-refractivity contribution >= 4 is 29.0 Å². The summed E-state index contributed by atoms with van der Waals surface area (Å²) in [5.74, 6) is -4.67. The summed E-state index contributed by atoms with van der Waals surface area (Å²) in [6.45, 7) is 5.69. The van der Waals surface area contributed by atoms with Crippen LogP contribution in [0.4, 0.5) is 0 Å². The largest absolute Gasteiger partial charge is 0.507 e. The van der Waals surface area contributed by atoms with Gasteiger partial charge in [0.25, 0.3) is 0 Å². The molecule has 49 heavy (non-hydrogen) atoms. The molecular weight excluding hydrogens is 642 g/mol. The van der Waals surface area contributed by atoms with Crippen LogP contribution in [-0.2, 0) is 30.3 Å². The number of ether oxygens (including phenoxy) is 3. The molecule has 1 unspecified atom stereocenters. The zero-order valence-corrected chi connectivity index (χ0v) is 27.9. The Kier molecular flexibility index (Phi) is 9.76.